The van der Waals surface area contributed by atoms with Crippen LogP contribution in [0.25, 0.3) is 11.1 Å². The van der Waals surface area contributed by atoms with Gasteiger partial charge in [-0.05, 0) is 34.4 Å². The average molecular weight is 413 g/mol. The lowest BCUT2D eigenvalue weighted by molar-refractivity contribution is 0.144. The van der Waals surface area contributed by atoms with Crippen molar-refractivity contribution in [3.05, 3.63) is 89.0 Å². The predicted molar refractivity (Wildman–Crippen MR) is 119 cm³/mol. The monoisotopic (exact) mass is 413 g/mol. The number of amides is 1. The van der Waals surface area contributed by atoms with E-state index in [-0.39, 0.29) is 25.7 Å². The third-order valence-electron chi connectivity index (χ3n) is 5.35. The fourth-order valence-electron chi connectivity index (χ4n) is 3.87. The van der Waals surface area contributed by atoms with Crippen molar-refractivity contribution in [1.29, 1.82) is 0 Å². The molecule has 0 unspecified atom stereocenters. The minimum atomic E-state index is -0.496. The normalized spacial score (nSPS) is 11.7. The van der Waals surface area contributed by atoms with Crippen LogP contribution in [0.15, 0.2) is 66.7 Å². The molecule has 5 heteroatoms. The zero-order valence-electron chi connectivity index (χ0n) is 17.2. The van der Waals surface area contributed by atoms with Gasteiger partial charge in [0.25, 0.3) is 0 Å². The Hall–Kier alpha value is -3.75. The number of methoxy groups -OCH3 is 1. The highest BCUT2D eigenvalue weighted by atomic mass is 16.5. The second kappa shape index (κ2) is 9.38. The topological polar surface area (TPSA) is 67.8 Å². The van der Waals surface area contributed by atoms with Crippen molar-refractivity contribution in [2.75, 3.05) is 20.3 Å². The first-order chi connectivity index (χ1) is 15.2. The van der Waals surface area contributed by atoms with Crippen LogP contribution < -0.4 is 10.1 Å². The molecular formula is C26H23NO4. The Morgan fingerprint density at radius 3 is 2.35 bits per heavy atom. The maximum absolute atomic E-state index is 12.2. The zero-order chi connectivity index (χ0) is 21.6. The molecule has 0 aliphatic heterocycles. The summed E-state index contributed by atoms with van der Waals surface area (Å²) in [5, 5.41) is 11.9. The van der Waals surface area contributed by atoms with Crippen LogP contribution in [0.1, 0.15) is 28.2 Å². The largest absolute Gasteiger partial charge is 0.496 e. The summed E-state index contributed by atoms with van der Waals surface area (Å²) in [4.78, 5) is 12.2. The van der Waals surface area contributed by atoms with Gasteiger partial charge < -0.3 is 19.9 Å². The molecule has 3 aromatic carbocycles. The van der Waals surface area contributed by atoms with E-state index in [1.165, 1.54) is 22.3 Å². The van der Waals surface area contributed by atoms with Gasteiger partial charge in [0.1, 0.15) is 12.4 Å². The molecule has 4 rings (SSSR count). The molecule has 156 valence electrons. The Morgan fingerprint density at radius 1 is 1.03 bits per heavy atom. The number of fused-ring (bicyclic) bond motifs is 3. The summed E-state index contributed by atoms with van der Waals surface area (Å²) < 4.78 is 10.7. The summed E-state index contributed by atoms with van der Waals surface area (Å²) in [6.07, 6.45) is -0.496. The fraction of sp³-hybridized carbons (Fsp3) is 0.192. The minimum absolute atomic E-state index is 0.0294. The van der Waals surface area contributed by atoms with E-state index in [9.17, 15) is 9.90 Å². The van der Waals surface area contributed by atoms with Gasteiger partial charge >= 0.3 is 6.09 Å². The SMILES string of the molecule is COc1cc(C#CCNC(=O)OCC2c3ccccc3-c3ccccc32)ccc1CO. The summed E-state index contributed by atoms with van der Waals surface area (Å²) in [6, 6.07) is 21.8. The van der Waals surface area contributed by atoms with Gasteiger partial charge in [0.2, 0.25) is 0 Å². The molecule has 31 heavy (non-hydrogen) atoms. The predicted octanol–water partition coefficient (Wildman–Crippen LogP) is 4.08. The van der Waals surface area contributed by atoms with E-state index >= 15 is 0 Å². The molecule has 0 heterocycles. The molecule has 0 saturated heterocycles. The number of carbonyl (C=O) groups is 1. The minimum Gasteiger partial charge on any atom is -0.496 e. The molecule has 0 aromatic heterocycles. The number of aliphatic hydroxyl groups excluding tert-OH is 1. The summed E-state index contributed by atoms with van der Waals surface area (Å²) in [5.41, 5.74) is 6.18. The van der Waals surface area contributed by atoms with Crippen LogP contribution in [-0.2, 0) is 11.3 Å². The molecule has 0 bridgehead atoms. The number of benzene rings is 3. The van der Waals surface area contributed by atoms with Crippen molar-refractivity contribution < 1.29 is 19.4 Å². The van der Waals surface area contributed by atoms with E-state index < -0.39 is 6.09 Å². The van der Waals surface area contributed by atoms with Crippen molar-refractivity contribution >= 4 is 6.09 Å². The van der Waals surface area contributed by atoms with Gasteiger partial charge in [-0.15, -0.1) is 0 Å². The van der Waals surface area contributed by atoms with Gasteiger partial charge in [-0.25, -0.2) is 4.79 Å². The lowest BCUT2D eigenvalue weighted by atomic mass is 9.98. The highest BCUT2D eigenvalue weighted by Crippen LogP contribution is 2.44. The molecule has 0 atom stereocenters. The first-order valence-corrected chi connectivity index (χ1v) is 10.1. The van der Waals surface area contributed by atoms with Crippen molar-refractivity contribution in [2.24, 2.45) is 0 Å². The summed E-state index contributed by atoms with van der Waals surface area (Å²) >= 11 is 0. The third kappa shape index (κ3) is 4.40. The fourth-order valence-corrected chi connectivity index (χ4v) is 3.87. The zero-order valence-corrected chi connectivity index (χ0v) is 17.2. The Labute approximate surface area is 181 Å². The Bertz CT molecular complexity index is 1110. The van der Waals surface area contributed by atoms with E-state index in [2.05, 4.69) is 41.4 Å². The van der Waals surface area contributed by atoms with E-state index in [0.29, 0.717) is 11.3 Å². The molecule has 2 N–H and O–H groups in total. The molecule has 0 radical (unpaired) electrons. The van der Waals surface area contributed by atoms with Crippen LogP contribution in [0.2, 0.25) is 0 Å². The van der Waals surface area contributed by atoms with Gasteiger partial charge in [-0.1, -0.05) is 66.4 Å². The van der Waals surface area contributed by atoms with E-state index in [4.69, 9.17) is 9.47 Å². The Balaban J connectivity index is 1.34. The van der Waals surface area contributed by atoms with Gasteiger partial charge in [0, 0.05) is 17.0 Å². The molecule has 5 nitrogen and oxygen atoms in total. The van der Waals surface area contributed by atoms with E-state index in [1.54, 1.807) is 25.3 Å². The van der Waals surface area contributed by atoms with Crippen LogP contribution in [0, 0.1) is 11.8 Å². The highest BCUT2D eigenvalue weighted by molar-refractivity contribution is 5.79. The lowest BCUT2D eigenvalue weighted by Gasteiger charge is -2.14. The van der Waals surface area contributed by atoms with E-state index in [1.807, 2.05) is 24.3 Å². The first-order valence-electron chi connectivity index (χ1n) is 10.1. The number of hydrogen-bond acceptors (Lipinski definition) is 4. The maximum atomic E-state index is 12.2. The molecule has 0 saturated carbocycles. The summed E-state index contributed by atoms with van der Waals surface area (Å²) in [7, 11) is 1.55. The van der Waals surface area contributed by atoms with Crippen molar-refractivity contribution in [3.63, 3.8) is 0 Å². The molecule has 0 fully saturated rings. The smallest absolute Gasteiger partial charge is 0.407 e. The van der Waals surface area contributed by atoms with Crippen LogP contribution in [0.5, 0.6) is 5.75 Å². The van der Waals surface area contributed by atoms with Gasteiger partial charge in [-0.2, -0.15) is 0 Å². The molecule has 1 amide bonds. The second-order valence-electron chi connectivity index (χ2n) is 7.17. The summed E-state index contributed by atoms with van der Waals surface area (Å²) in [6.45, 7) is 0.341. The number of nitrogens with one attached hydrogen (secondary N) is 1. The van der Waals surface area contributed by atoms with Gasteiger partial charge in [0.05, 0.1) is 20.3 Å². The first kappa shape index (κ1) is 20.5. The van der Waals surface area contributed by atoms with Crippen molar-refractivity contribution in [1.82, 2.24) is 5.32 Å². The Kier molecular flexibility index (Phi) is 6.21. The van der Waals surface area contributed by atoms with Crippen molar-refractivity contribution in [3.8, 4) is 28.7 Å². The molecular weight excluding hydrogens is 390 g/mol. The van der Waals surface area contributed by atoms with Gasteiger partial charge in [-0.3, -0.25) is 0 Å². The maximum Gasteiger partial charge on any atom is 0.407 e. The number of alkyl carbamates (subject to hydrolysis) is 1. The molecule has 3 aromatic rings. The average Bonchev–Trinajstić information content (AvgIpc) is 3.14. The van der Waals surface area contributed by atoms with Crippen molar-refractivity contribution in [2.45, 2.75) is 12.5 Å². The molecule has 1 aliphatic carbocycles. The van der Waals surface area contributed by atoms with Gasteiger partial charge in [0.15, 0.2) is 0 Å². The van der Waals surface area contributed by atoms with Crippen LogP contribution in [-0.4, -0.2) is 31.5 Å². The summed E-state index contributed by atoms with van der Waals surface area (Å²) in [5.74, 6) is 6.48. The standard InChI is InChI=1S/C26H23NO4/c1-30-25-15-18(12-13-19(25)16-28)7-6-14-27-26(29)31-17-24-22-10-4-2-8-20(22)21-9-3-5-11-23(21)24/h2-5,8-13,15,24,28H,14,16-17H2,1H3,(H,27,29). The molecule has 1 aliphatic rings. The van der Waals surface area contributed by atoms with Crippen LogP contribution in [0.4, 0.5) is 4.79 Å². The highest BCUT2D eigenvalue weighted by Gasteiger charge is 2.28. The quantitative estimate of drug-likeness (QED) is 0.619. The lowest BCUT2D eigenvalue weighted by Crippen LogP contribution is -2.26. The number of hydrogen-bond donors (Lipinski definition) is 2. The van der Waals surface area contributed by atoms with E-state index in [0.717, 1.165) is 5.56 Å². The Morgan fingerprint density at radius 2 is 1.71 bits per heavy atom. The van der Waals surface area contributed by atoms with Crippen LogP contribution in [0.3, 0.4) is 0 Å². The number of ether oxygens (including phenoxy) is 2. The second-order valence-corrected chi connectivity index (χ2v) is 7.17. The number of aliphatic hydroxyl groups is 1. The number of rotatable bonds is 5. The van der Waals surface area contributed by atoms with Crippen LogP contribution >= 0.6 is 0 Å². The molecule has 0 spiro atoms. The third-order valence-corrected chi connectivity index (χ3v) is 5.35. The number of carbonyl (C=O) groups excluding carboxylic acids is 1.